The third-order valence-corrected chi connectivity index (χ3v) is 6.31. The van der Waals surface area contributed by atoms with Crippen molar-refractivity contribution < 1.29 is 14.7 Å². The molecule has 2 aromatic rings. The number of aliphatic hydroxyl groups excluding tert-OH is 1. The number of nitriles is 2. The van der Waals surface area contributed by atoms with Crippen molar-refractivity contribution in [2.24, 2.45) is 5.73 Å². The van der Waals surface area contributed by atoms with Gasteiger partial charge in [0.05, 0.1) is 17.7 Å². The fourth-order valence-corrected chi connectivity index (χ4v) is 4.49. The summed E-state index contributed by atoms with van der Waals surface area (Å²) in [5.41, 5.74) is 7.32. The number of aromatic nitrogens is 1. The van der Waals surface area contributed by atoms with Crippen LogP contribution in [0.2, 0.25) is 0 Å². The second-order valence-electron chi connectivity index (χ2n) is 7.43. The van der Waals surface area contributed by atoms with Crippen LogP contribution in [0.5, 0.6) is 0 Å². The number of nitrogens with zero attached hydrogens (tertiary/aromatic N) is 4. The first-order chi connectivity index (χ1) is 15.9. The average molecular weight is 466 g/mol. The lowest BCUT2D eigenvalue weighted by molar-refractivity contribution is -0.118. The van der Waals surface area contributed by atoms with E-state index in [-0.39, 0.29) is 40.9 Å². The van der Waals surface area contributed by atoms with E-state index in [1.165, 1.54) is 0 Å². The minimum atomic E-state index is -0.776. The molecular formula is C24H27N5O3S. The number of pyridine rings is 1. The van der Waals surface area contributed by atoms with Crippen LogP contribution >= 0.6 is 11.8 Å². The molecule has 1 heterocycles. The lowest BCUT2D eigenvalue weighted by Crippen LogP contribution is -2.28. The molecule has 172 valence electrons. The molecule has 1 atom stereocenters. The van der Waals surface area contributed by atoms with Crippen molar-refractivity contribution in [2.45, 2.75) is 42.9 Å². The molecule has 0 aliphatic heterocycles. The van der Waals surface area contributed by atoms with Gasteiger partial charge in [-0.3, -0.25) is 9.59 Å². The Morgan fingerprint density at radius 2 is 1.85 bits per heavy atom. The molecule has 1 aromatic heterocycles. The van der Waals surface area contributed by atoms with Gasteiger partial charge in [0.2, 0.25) is 5.91 Å². The molecule has 0 fully saturated rings. The Morgan fingerprint density at radius 3 is 2.39 bits per heavy atom. The number of ketones is 1. The van der Waals surface area contributed by atoms with E-state index in [1.54, 1.807) is 36.2 Å². The Balaban J connectivity index is 2.51. The van der Waals surface area contributed by atoms with E-state index in [4.69, 9.17) is 10.8 Å². The molecule has 0 spiro atoms. The number of carbonyl (C=O) groups is 2. The number of anilines is 1. The van der Waals surface area contributed by atoms with Crippen LogP contribution in [0.3, 0.4) is 0 Å². The lowest BCUT2D eigenvalue weighted by Gasteiger charge is -2.23. The van der Waals surface area contributed by atoms with Crippen molar-refractivity contribution in [3.8, 4) is 12.1 Å². The van der Waals surface area contributed by atoms with E-state index in [1.807, 2.05) is 13.0 Å². The van der Waals surface area contributed by atoms with Gasteiger partial charge in [0.15, 0.2) is 5.78 Å². The van der Waals surface area contributed by atoms with Crippen LogP contribution in [-0.2, 0) is 16.0 Å². The maximum absolute atomic E-state index is 12.4. The van der Waals surface area contributed by atoms with Gasteiger partial charge >= 0.3 is 0 Å². The Hall–Kier alpha value is -3.40. The monoisotopic (exact) mass is 465 g/mol. The number of aliphatic hydroxyl groups is 1. The van der Waals surface area contributed by atoms with Gasteiger partial charge in [0.1, 0.15) is 28.2 Å². The zero-order valence-corrected chi connectivity index (χ0v) is 19.6. The minimum absolute atomic E-state index is 0.0295. The number of hydrogen-bond acceptors (Lipinski definition) is 8. The number of hydrogen-bond donors (Lipinski definition) is 2. The molecule has 0 aliphatic rings. The summed E-state index contributed by atoms with van der Waals surface area (Å²) in [6.07, 6.45) is 1.83. The van der Waals surface area contributed by atoms with E-state index in [9.17, 15) is 20.1 Å². The lowest BCUT2D eigenvalue weighted by atomic mass is 10.0. The first kappa shape index (κ1) is 25.9. The van der Waals surface area contributed by atoms with Crippen molar-refractivity contribution in [1.82, 2.24) is 4.98 Å². The van der Waals surface area contributed by atoms with Gasteiger partial charge in [0.25, 0.3) is 0 Å². The molecule has 1 aromatic carbocycles. The van der Waals surface area contributed by atoms with Crippen LogP contribution in [0.15, 0.2) is 35.4 Å². The highest BCUT2D eigenvalue weighted by molar-refractivity contribution is 8.00. The summed E-state index contributed by atoms with van der Waals surface area (Å²) in [5, 5.41) is 28.1. The summed E-state index contributed by atoms with van der Waals surface area (Å²) in [5.74, 6) is -0.344. The number of likely N-dealkylation sites (N-methyl/N-ethyl adjacent to an activating group) is 1. The third kappa shape index (κ3) is 6.55. The van der Waals surface area contributed by atoms with Crippen LogP contribution < -0.4 is 10.6 Å². The average Bonchev–Trinajstić information content (AvgIpc) is 2.81. The zero-order valence-electron chi connectivity index (χ0n) is 18.7. The van der Waals surface area contributed by atoms with Crippen molar-refractivity contribution in [2.75, 3.05) is 25.1 Å². The normalized spacial score (nSPS) is 11.3. The molecule has 2 rings (SSSR count). The first-order valence-electron chi connectivity index (χ1n) is 10.6. The number of thioether (sulfide) groups is 1. The molecule has 1 amide bonds. The fourth-order valence-electron chi connectivity index (χ4n) is 3.43. The quantitative estimate of drug-likeness (QED) is 0.360. The molecule has 3 N–H and O–H groups in total. The third-order valence-electron chi connectivity index (χ3n) is 5.05. The largest absolute Gasteiger partial charge is 0.396 e. The van der Waals surface area contributed by atoms with Gasteiger partial charge in [0, 0.05) is 20.1 Å². The Labute approximate surface area is 198 Å². The van der Waals surface area contributed by atoms with E-state index >= 15 is 0 Å². The Bertz CT molecular complexity index is 1080. The van der Waals surface area contributed by atoms with E-state index in [0.717, 1.165) is 11.8 Å². The molecule has 1 unspecified atom stereocenters. The van der Waals surface area contributed by atoms with Gasteiger partial charge in [-0.25, -0.2) is 4.98 Å². The predicted octanol–water partition coefficient (Wildman–Crippen LogP) is 2.87. The molecule has 0 bridgehead atoms. The molecular weight excluding hydrogens is 438 g/mol. The fraction of sp³-hybridized carbons (Fsp3) is 0.375. The number of nitrogens with two attached hydrogens (primary N) is 1. The van der Waals surface area contributed by atoms with E-state index in [2.05, 4.69) is 17.1 Å². The SMILES string of the molecule is CCc1c(C#N)c(SC(C(N)=O)c2ccccc2)nc(N(C)CC(=O)CCCCO)c1C#N. The Morgan fingerprint density at radius 1 is 1.18 bits per heavy atom. The molecule has 0 saturated carbocycles. The van der Waals surface area contributed by atoms with Crippen molar-refractivity contribution in [3.05, 3.63) is 52.6 Å². The molecule has 0 radical (unpaired) electrons. The molecule has 8 nitrogen and oxygen atoms in total. The first-order valence-corrected chi connectivity index (χ1v) is 11.5. The summed E-state index contributed by atoms with van der Waals surface area (Å²) >= 11 is 1.06. The van der Waals surface area contributed by atoms with E-state index < -0.39 is 11.2 Å². The molecule has 0 saturated heterocycles. The van der Waals surface area contributed by atoms with Gasteiger partial charge in [-0.2, -0.15) is 10.5 Å². The molecule has 0 aliphatic carbocycles. The second kappa shape index (κ2) is 12.6. The van der Waals surface area contributed by atoms with Gasteiger partial charge in [-0.1, -0.05) is 49.0 Å². The number of rotatable bonds is 12. The highest BCUT2D eigenvalue weighted by atomic mass is 32.2. The topological polar surface area (TPSA) is 144 Å². The molecule has 9 heteroatoms. The summed E-state index contributed by atoms with van der Waals surface area (Å²) in [6, 6.07) is 13.2. The van der Waals surface area contributed by atoms with Crippen LogP contribution in [-0.4, -0.2) is 42.0 Å². The number of primary amides is 1. The van der Waals surface area contributed by atoms with Crippen LogP contribution in [0, 0.1) is 22.7 Å². The van der Waals surface area contributed by atoms with Crippen molar-refractivity contribution in [3.63, 3.8) is 0 Å². The summed E-state index contributed by atoms with van der Waals surface area (Å²) < 4.78 is 0. The minimum Gasteiger partial charge on any atom is -0.396 e. The van der Waals surface area contributed by atoms with Crippen LogP contribution in [0.4, 0.5) is 5.82 Å². The van der Waals surface area contributed by atoms with Crippen molar-refractivity contribution >= 4 is 29.3 Å². The highest BCUT2D eigenvalue weighted by Crippen LogP contribution is 2.39. The number of amides is 1. The summed E-state index contributed by atoms with van der Waals surface area (Å²) in [7, 11) is 1.66. The van der Waals surface area contributed by atoms with E-state index in [0.29, 0.717) is 36.8 Å². The number of benzene rings is 1. The van der Waals surface area contributed by atoms with Crippen LogP contribution in [0.25, 0.3) is 0 Å². The smallest absolute Gasteiger partial charge is 0.235 e. The van der Waals surface area contributed by atoms with Crippen molar-refractivity contribution in [1.29, 1.82) is 10.5 Å². The van der Waals surface area contributed by atoms with Crippen LogP contribution in [0.1, 0.15) is 53.7 Å². The number of unbranched alkanes of at least 4 members (excludes halogenated alkanes) is 1. The Kier molecular flexibility index (Phi) is 9.86. The molecule has 33 heavy (non-hydrogen) atoms. The second-order valence-corrected chi connectivity index (χ2v) is 8.53. The van der Waals surface area contributed by atoms with Gasteiger partial charge < -0.3 is 15.7 Å². The predicted molar refractivity (Wildman–Crippen MR) is 126 cm³/mol. The van der Waals surface area contributed by atoms with Gasteiger partial charge in [-0.05, 0) is 30.4 Å². The number of carbonyl (C=O) groups excluding carboxylic acids is 2. The highest BCUT2D eigenvalue weighted by Gasteiger charge is 2.27. The summed E-state index contributed by atoms with van der Waals surface area (Å²) in [6.45, 7) is 1.89. The number of Topliss-reactive ketones (excluding diaryl/α,β-unsaturated/α-hetero) is 1. The van der Waals surface area contributed by atoms with Gasteiger partial charge in [-0.15, -0.1) is 0 Å². The summed E-state index contributed by atoms with van der Waals surface area (Å²) in [4.78, 5) is 30.8. The zero-order chi connectivity index (χ0) is 24.4. The maximum atomic E-state index is 12.4. The standard InChI is InChI=1S/C24H27N5O3S/c1-3-18-19(13-25)23(29(2)15-17(31)11-7-8-12-30)28-24(20(18)14-26)33-21(22(27)32)16-9-5-4-6-10-16/h4-6,9-10,21,30H,3,7-8,11-12,15H2,1-2H3,(H2,27,32). The maximum Gasteiger partial charge on any atom is 0.235 e.